The highest BCUT2D eigenvalue weighted by Crippen LogP contribution is 2.13. The molecule has 0 aliphatic carbocycles. The zero-order valence-electron chi connectivity index (χ0n) is 28.4. The number of nitrogens with zero attached hydrogens (tertiary/aromatic N) is 3. The minimum absolute atomic E-state index is 0.0363. The molecule has 25 heteroatoms. The van der Waals surface area contributed by atoms with Gasteiger partial charge in [0.2, 0.25) is 23.7 Å². The third kappa shape index (κ3) is 12.4. The molecule has 0 aliphatic heterocycles. The van der Waals surface area contributed by atoms with Crippen molar-refractivity contribution in [1.29, 1.82) is 0 Å². The molecule has 3 rings (SSSR count). The van der Waals surface area contributed by atoms with Crippen LogP contribution in [0.2, 0.25) is 0 Å². The summed E-state index contributed by atoms with van der Waals surface area (Å²) < 4.78 is 32.0. The number of alkyl halides is 2. The lowest BCUT2D eigenvalue weighted by Gasteiger charge is -2.23. The Morgan fingerprint density at radius 1 is 0.982 bits per heavy atom. The molecule has 0 fully saturated rings. The Labute approximate surface area is 306 Å². The number of rotatable bonds is 19. The smallest absolute Gasteiger partial charge is 0.480 e. The Bertz CT molecular complexity index is 2010. The van der Waals surface area contributed by atoms with Gasteiger partial charge in [0.05, 0.1) is 31.4 Å². The maximum atomic E-state index is 13.8. The van der Waals surface area contributed by atoms with Crippen LogP contribution in [-0.4, -0.2) is 122 Å². The van der Waals surface area contributed by atoms with Gasteiger partial charge < -0.3 is 57.4 Å². The van der Waals surface area contributed by atoms with Gasteiger partial charge in [0.1, 0.15) is 31.0 Å². The molecule has 0 bridgehead atoms. The number of aliphatic carboxylic acids is 1. The van der Waals surface area contributed by atoms with Crippen LogP contribution in [0.3, 0.4) is 0 Å². The topological polar surface area (TPSA) is 356 Å². The molecule has 55 heavy (non-hydrogen) atoms. The molecule has 3 atom stereocenters. The summed E-state index contributed by atoms with van der Waals surface area (Å²) in [6, 6.07) is -0.163. The van der Waals surface area contributed by atoms with E-state index in [9.17, 15) is 57.0 Å². The third-order valence-electron chi connectivity index (χ3n) is 7.13. The number of nitrogens with two attached hydrogens (primary N) is 1. The Hall–Kier alpha value is -7.34. The maximum Gasteiger partial charge on any atom is 0.505 e. The van der Waals surface area contributed by atoms with Gasteiger partial charge in [0, 0.05) is 24.7 Å². The van der Waals surface area contributed by atoms with Gasteiger partial charge in [-0.05, 0) is 24.3 Å². The number of nitrogen functional groups attached to an aromatic ring is 1. The van der Waals surface area contributed by atoms with E-state index in [4.69, 9.17) is 10.8 Å². The highest BCUT2D eigenvalue weighted by Gasteiger charge is 2.39. The van der Waals surface area contributed by atoms with Crippen molar-refractivity contribution in [3.63, 3.8) is 0 Å². The van der Waals surface area contributed by atoms with Crippen molar-refractivity contribution < 1.29 is 62.1 Å². The van der Waals surface area contributed by atoms with Crippen molar-refractivity contribution in [2.24, 2.45) is 0 Å². The van der Waals surface area contributed by atoms with Crippen LogP contribution in [0.25, 0.3) is 11.2 Å². The highest BCUT2D eigenvalue weighted by molar-refractivity contribution is 5.98. The van der Waals surface area contributed by atoms with Crippen LogP contribution in [0, 0.1) is 0 Å². The van der Waals surface area contributed by atoms with Gasteiger partial charge in [0.25, 0.3) is 17.4 Å². The Balaban J connectivity index is 1.62. The van der Waals surface area contributed by atoms with Crippen molar-refractivity contribution >= 4 is 70.7 Å². The molecule has 2 aromatic heterocycles. The quantitative estimate of drug-likeness (QED) is 0.0435. The molecule has 3 aromatic rings. The molecular weight excluding hydrogens is 744 g/mol. The largest absolute Gasteiger partial charge is 0.505 e. The lowest BCUT2D eigenvalue weighted by atomic mass is 10.1. The zero-order valence-corrected chi connectivity index (χ0v) is 28.4. The number of anilines is 2. The number of amides is 5. The Morgan fingerprint density at radius 2 is 1.67 bits per heavy atom. The van der Waals surface area contributed by atoms with Gasteiger partial charge in [-0.25, -0.2) is 19.6 Å². The van der Waals surface area contributed by atoms with Crippen LogP contribution in [0.15, 0.2) is 35.3 Å². The normalized spacial score (nSPS) is 12.6. The standard InChI is InChI=1S/C30H33F2N11O12/c1-34-27(52)30(31,32)12-37-23(47)16(6-7-44)40-24(48)18(11-55-29(53)54)39-19(45)8-17(26(50)51)41-22(46)13-2-4-14(5-3-13)35-9-15-10-36-21-20(38-15)25(49)43-28(33)42-21/h2-5,7,10,16-18,35H,6,8-9,11-12H2,1H3,(H,34,52)(H,37,47)(H,39,45)(H,40,48)(H,41,46)(H,50,51)(H,53,54)(H3,33,36,42,43,49)/t16-,17-,18-/m0/s1. The molecule has 1 aromatic carbocycles. The van der Waals surface area contributed by atoms with E-state index in [0.717, 1.165) is 7.05 Å². The molecule has 0 aliphatic rings. The van der Waals surface area contributed by atoms with E-state index >= 15 is 0 Å². The number of aromatic nitrogens is 4. The van der Waals surface area contributed by atoms with Crippen molar-refractivity contribution in [1.82, 2.24) is 46.5 Å². The average molecular weight is 778 g/mol. The van der Waals surface area contributed by atoms with Crippen LogP contribution >= 0.6 is 0 Å². The summed E-state index contributed by atoms with van der Waals surface area (Å²) in [6.45, 7) is -2.53. The van der Waals surface area contributed by atoms with Crippen LogP contribution < -0.4 is 43.2 Å². The predicted molar refractivity (Wildman–Crippen MR) is 180 cm³/mol. The first-order valence-corrected chi connectivity index (χ1v) is 15.6. The summed E-state index contributed by atoms with van der Waals surface area (Å²) in [4.78, 5) is 123. The number of carboxylic acid groups (broad SMARTS) is 2. The summed E-state index contributed by atoms with van der Waals surface area (Å²) in [5.41, 5.74) is 5.71. The Kier molecular flexibility index (Phi) is 14.5. The maximum absolute atomic E-state index is 13.8. The number of benzene rings is 1. The lowest BCUT2D eigenvalue weighted by molar-refractivity contribution is -0.146. The van der Waals surface area contributed by atoms with Gasteiger partial charge in [-0.2, -0.15) is 13.8 Å². The predicted octanol–water partition coefficient (Wildman–Crippen LogP) is -2.77. The summed E-state index contributed by atoms with van der Waals surface area (Å²) in [6.07, 6.45) is -2.21. The summed E-state index contributed by atoms with van der Waals surface area (Å²) in [7, 11) is 0.917. The number of halogens is 2. The van der Waals surface area contributed by atoms with Crippen LogP contribution in [0.4, 0.5) is 25.2 Å². The van der Waals surface area contributed by atoms with Crippen molar-refractivity contribution in [2.75, 3.05) is 31.2 Å². The minimum Gasteiger partial charge on any atom is -0.480 e. The number of hydrogen-bond donors (Lipinski definition) is 10. The molecule has 0 radical (unpaired) electrons. The van der Waals surface area contributed by atoms with Gasteiger partial charge in [-0.1, -0.05) is 0 Å². The van der Waals surface area contributed by atoms with E-state index < -0.39 is 97.3 Å². The van der Waals surface area contributed by atoms with E-state index in [-0.39, 0.29) is 35.5 Å². The molecule has 0 spiro atoms. The first kappa shape index (κ1) is 42.1. The molecule has 5 amide bonds. The summed E-state index contributed by atoms with van der Waals surface area (Å²) in [5, 5.41) is 31.0. The molecule has 2 heterocycles. The SMILES string of the molecule is CNC(=O)C(F)(F)CNC(=O)[C@H](CC=O)NC(=O)[C@H](COC(=O)O)NC(=O)C[C@H](NC(=O)c1ccc(NCc2cnc3nc(N)[nH]c(=O)c3n2)cc1)C(=O)O. The molecule has 0 unspecified atom stereocenters. The van der Waals surface area contributed by atoms with Crippen molar-refractivity contribution in [2.45, 2.75) is 43.4 Å². The number of carbonyl (C=O) groups is 8. The summed E-state index contributed by atoms with van der Waals surface area (Å²) in [5.74, 6) is -12.5. The fourth-order valence-electron chi connectivity index (χ4n) is 4.39. The van der Waals surface area contributed by atoms with Gasteiger partial charge in [-0.3, -0.25) is 33.8 Å². The van der Waals surface area contributed by atoms with E-state index in [1.54, 1.807) is 10.6 Å². The first-order valence-electron chi connectivity index (χ1n) is 15.6. The van der Waals surface area contributed by atoms with E-state index in [1.807, 2.05) is 10.6 Å². The second-order valence-corrected chi connectivity index (χ2v) is 11.1. The van der Waals surface area contributed by atoms with Gasteiger partial charge in [-0.15, -0.1) is 0 Å². The molecule has 11 N–H and O–H groups in total. The van der Waals surface area contributed by atoms with Gasteiger partial charge in [0.15, 0.2) is 11.2 Å². The summed E-state index contributed by atoms with van der Waals surface area (Å²) >= 11 is 0. The second kappa shape index (κ2) is 18.9. The number of hydrogen-bond acceptors (Lipinski definition) is 15. The number of carbonyl (C=O) groups excluding carboxylic acids is 6. The van der Waals surface area contributed by atoms with Gasteiger partial charge >= 0.3 is 18.0 Å². The van der Waals surface area contributed by atoms with Crippen LogP contribution in [0.1, 0.15) is 28.9 Å². The lowest BCUT2D eigenvalue weighted by Crippen LogP contribution is -2.57. The van der Waals surface area contributed by atoms with Crippen molar-refractivity contribution in [3.8, 4) is 0 Å². The number of H-pyrrole nitrogens is 1. The highest BCUT2D eigenvalue weighted by atomic mass is 19.3. The second-order valence-electron chi connectivity index (χ2n) is 11.1. The zero-order chi connectivity index (χ0) is 40.9. The molecule has 0 saturated carbocycles. The van der Waals surface area contributed by atoms with Crippen LogP contribution in [-0.2, 0) is 40.0 Å². The Morgan fingerprint density at radius 3 is 2.29 bits per heavy atom. The number of aromatic amines is 1. The molecule has 294 valence electrons. The van der Waals surface area contributed by atoms with E-state index in [0.29, 0.717) is 11.4 Å². The van der Waals surface area contributed by atoms with E-state index in [1.165, 1.54) is 30.5 Å². The van der Waals surface area contributed by atoms with Crippen LogP contribution in [0.5, 0.6) is 0 Å². The molecule has 23 nitrogen and oxygen atoms in total. The minimum atomic E-state index is -4.07. The number of fused-ring (bicyclic) bond motifs is 1. The number of nitrogens with one attached hydrogen (secondary N) is 7. The number of carboxylic acids is 1. The number of aldehydes is 1. The third-order valence-corrected chi connectivity index (χ3v) is 7.13. The number of ether oxygens (including phenoxy) is 1. The first-order chi connectivity index (χ1) is 25.9. The molecule has 0 saturated heterocycles. The monoisotopic (exact) mass is 777 g/mol. The average Bonchev–Trinajstić information content (AvgIpc) is 3.13. The van der Waals surface area contributed by atoms with Crippen molar-refractivity contribution in [3.05, 3.63) is 52.1 Å². The molecular formula is C30H33F2N11O12. The fraction of sp³-hybridized carbons (Fsp3) is 0.333. The van der Waals surface area contributed by atoms with E-state index in [2.05, 4.69) is 35.3 Å². The fourth-order valence-corrected chi connectivity index (χ4v) is 4.39.